The highest BCUT2D eigenvalue weighted by Gasteiger charge is 2.41. The monoisotopic (exact) mass is 431 g/mol. The molecule has 0 bridgehead atoms. The van der Waals surface area contributed by atoms with Crippen LogP contribution in [-0.2, 0) is 9.59 Å². The molecule has 2 amide bonds. The van der Waals surface area contributed by atoms with Crippen LogP contribution in [0.4, 0.5) is 14.5 Å². The Morgan fingerprint density at radius 2 is 1.79 bits per heavy atom. The van der Waals surface area contributed by atoms with E-state index >= 15 is 0 Å². The van der Waals surface area contributed by atoms with Gasteiger partial charge in [-0.2, -0.15) is 0 Å². The summed E-state index contributed by atoms with van der Waals surface area (Å²) >= 11 is 9.86. The summed E-state index contributed by atoms with van der Waals surface area (Å²) in [6.45, 7) is 0. The molecule has 0 unspecified atom stereocenters. The number of hydrogen-bond acceptors (Lipinski definition) is 3. The minimum Gasteiger partial charge on any atom is -0.274 e. The number of anilines is 1. The molecule has 0 radical (unpaired) electrons. The average molecular weight is 433 g/mol. The molecule has 0 aliphatic carbocycles. The highest BCUT2D eigenvalue weighted by atomic mass is 79.9. The first-order valence-corrected chi connectivity index (χ1v) is 8.85. The van der Waals surface area contributed by atoms with E-state index in [1.54, 1.807) is 24.3 Å². The maximum atomic E-state index is 14.1. The Kier molecular flexibility index (Phi) is 4.94. The van der Waals surface area contributed by atoms with Crippen molar-refractivity contribution in [2.45, 2.75) is 16.6 Å². The van der Waals surface area contributed by atoms with Crippen LogP contribution in [0.25, 0.3) is 0 Å². The normalized spacial score (nSPS) is 17.7. The van der Waals surface area contributed by atoms with Crippen molar-refractivity contribution in [2.75, 3.05) is 4.90 Å². The summed E-state index contributed by atoms with van der Waals surface area (Å²) in [7, 11) is 0. The van der Waals surface area contributed by atoms with Crippen LogP contribution >= 0.6 is 39.3 Å². The van der Waals surface area contributed by atoms with Gasteiger partial charge in [-0.05, 0) is 46.3 Å². The molecule has 0 spiro atoms. The van der Waals surface area contributed by atoms with Gasteiger partial charge in [0.1, 0.15) is 11.6 Å². The molecule has 1 heterocycles. The molecule has 8 heteroatoms. The first-order valence-electron chi connectivity index (χ1n) is 6.80. The highest BCUT2D eigenvalue weighted by molar-refractivity contribution is 9.10. The van der Waals surface area contributed by atoms with Crippen LogP contribution in [0, 0.1) is 11.6 Å². The van der Waals surface area contributed by atoms with Crippen molar-refractivity contribution in [1.29, 1.82) is 0 Å². The van der Waals surface area contributed by atoms with Crippen molar-refractivity contribution >= 4 is 56.8 Å². The highest BCUT2D eigenvalue weighted by Crippen LogP contribution is 2.36. The summed E-state index contributed by atoms with van der Waals surface area (Å²) in [4.78, 5) is 26.1. The zero-order valence-corrected chi connectivity index (χ0v) is 15.1. The maximum Gasteiger partial charge on any atom is 0.247 e. The number of halogens is 4. The van der Waals surface area contributed by atoms with Crippen LogP contribution in [0.3, 0.4) is 0 Å². The molecule has 0 saturated carbocycles. The molecule has 3 nitrogen and oxygen atoms in total. The number of carbonyl (C=O) groups is 2. The quantitative estimate of drug-likeness (QED) is 0.516. The van der Waals surface area contributed by atoms with E-state index in [0.717, 1.165) is 17.0 Å². The van der Waals surface area contributed by atoms with E-state index in [0.29, 0.717) is 9.92 Å². The predicted molar refractivity (Wildman–Crippen MR) is 92.3 cm³/mol. The second-order valence-electron chi connectivity index (χ2n) is 5.05. The number of nitrogens with zero attached hydrogens (tertiary/aromatic N) is 1. The molecular weight excluding hydrogens is 424 g/mol. The van der Waals surface area contributed by atoms with Gasteiger partial charge in [0.2, 0.25) is 11.8 Å². The summed E-state index contributed by atoms with van der Waals surface area (Å²) in [5.41, 5.74) is -0.370. The summed E-state index contributed by atoms with van der Waals surface area (Å²) in [5.74, 6) is -2.73. The van der Waals surface area contributed by atoms with Crippen LogP contribution < -0.4 is 4.90 Å². The van der Waals surface area contributed by atoms with Gasteiger partial charge in [-0.25, -0.2) is 13.7 Å². The predicted octanol–water partition coefficient (Wildman–Crippen LogP) is 4.80. The van der Waals surface area contributed by atoms with E-state index in [4.69, 9.17) is 11.6 Å². The lowest BCUT2D eigenvalue weighted by atomic mass is 10.2. The van der Waals surface area contributed by atoms with Crippen molar-refractivity contribution < 1.29 is 18.4 Å². The van der Waals surface area contributed by atoms with E-state index in [2.05, 4.69) is 15.9 Å². The minimum atomic E-state index is -0.845. The molecule has 0 aromatic heterocycles. The Morgan fingerprint density at radius 1 is 1.12 bits per heavy atom. The van der Waals surface area contributed by atoms with Crippen molar-refractivity contribution in [2.24, 2.45) is 0 Å². The first-order chi connectivity index (χ1) is 11.4. The van der Waals surface area contributed by atoms with Crippen LogP contribution in [0.5, 0.6) is 0 Å². The van der Waals surface area contributed by atoms with Gasteiger partial charge in [0.25, 0.3) is 0 Å². The molecule has 24 heavy (non-hydrogen) atoms. The molecule has 1 fully saturated rings. The smallest absolute Gasteiger partial charge is 0.247 e. The van der Waals surface area contributed by atoms with Crippen molar-refractivity contribution in [3.05, 3.63) is 57.5 Å². The van der Waals surface area contributed by atoms with E-state index in [1.165, 1.54) is 11.8 Å². The third-order valence-electron chi connectivity index (χ3n) is 3.43. The average Bonchev–Trinajstić information content (AvgIpc) is 2.80. The molecule has 1 saturated heterocycles. The number of hydrogen-bond donors (Lipinski definition) is 0. The van der Waals surface area contributed by atoms with E-state index in [-0.39, 0.29) is 16.6 Å². The topological polar surface area (TPSA) is 37.4 Å². The number of thioether (sulfide) groups is 1. The van der Waals surface area contributed by atoms with Crippen LogP contribution in [-0.4, -0.2) is 17.1 Å². The fourth-order valence-electron chi connectivity index (χ4n) is 2.31. The fourth-order valence-corrected chi connectivity index (χ4v) is 3.81. The lowest BCUT2D eigenvalue weighted by Crippen LogP contribution is -2.32. The van der Waals surface area contributed by atoms with Crippen LogP contribution in [0.15, 0.2) is 45.8 Å². The Morgan fingerprint density at radius 3 is 2.46 bits per heavy atom. The maximum absolute atomic E-state index is 14.1. The molecule has 2 aromatic rings. The van der Waals surface area contributed by atoms with Gasteiger partial charge in [-0.1, -0.05) is 11.6 Å². The van der Waals surface area contributed by atoms with Gasteiger partial charge in [0.15, 0.2) is 0 Å². The summed E-state index contributed by atoms with van der Waals surface area (Å²) in [5, 5.41) is -0.132. The Labute approximate surface area is 154 Å². The van der Waals surface area contributed by atoms with Crippen molar-refractivity contribution in [3.63, 3.8) is 0 Å². The van der Waals surface area contributed by atoms with Gasteiger partial charge in [0.05, 0.1) is 15.4 Å². The molecular formula is C16H9BrClF2NO2S. The lowest BCUT2D eigenvalue weighted by molar-refractivity contribution is -0.121. The first kappa shape index (κ1) is 17.4. The van der Waals surface area contributed by atoms with Gasteiger partial charge in [-0.3, -0.25) is 9.59 Å². The molecule has 1 aliphatic rings. The van der Waals surface area contributed by atoms with E-state index in [1.807, 2.05) is 0 Å². The van der Waals surface area contributed by atoms with Crippen molar-refractivity contribution in [3.8, 4) is 0 Å². The Hall–Kier alpha value is -1.44. The van der Waals surface area contributed by atoms with E-state index in [9.17, 15) is 18.4 Å². The fraction of sp³-hybridized carbons (Fsp3) is 0.125. The lowest BCUT2D eigenvalue weighted by Gasteiger charge is -2.16. The second kappa shape index (κ2) is 6.82. The number of carbonyl (C=O) groups excluding carboxylic acids is 2. The van der Waals surface area contributed by atoms with E-state index < -0.39 is 28.7 Å². The second-order valence-corrected chi connectivity index (χ2v) is 7.62. The van der Waals surface area contributed by atoms with Crippen molar-refractivity contribution in [1.82, 2.24) is 0 Å². The standard InChI is InChI=1S/C16H9BrClF2NO2S/c17-10-5-12(20)13(6-11(10)19)21-15(22)7-14(16(21)23)24-9-3-1-8(18)2-4-9/h1-6,14H,7H2/t14-/m1/s1. The van der Waals surface area contributed by atoms with Gasteiger partial charge >= 0.3 is 0 Å². The van der Waals surface area contributed by atoms with Gasteiger partial charge < -0.3 is 0 Å². The molecule has 2 aromatic carbocycles. The van der Waals surface area contributed by atoms with Crippen LogP contribution in [0.1, 0.15) is 6.42 Å². The minimum absolute atomic E-state index is 0.0741. The third-order valence-corrected chi connectivity index (χ3v) is 5.48. The zero-order valence-electron chi connectivity index (χ0n) is 11.9. The Bertz CT molecular complexity index is 832. The molecule has 0 N–H and O–H groups in total. The largest absolute Gasteiger partial charge is 0.274 e. The summed E-state index contributed by atoms with van der Waals surface area (Å²) in [6.07, 6.45) is -0.0801. The van der Waals surface area contributed by atoms with Crippen LogP contribution in [0.2, 0.25) is 5.02 Å². The summed E-state index contributed by atoms with van der Waals surface area (Å²) in [6, 6.07) is 8.54. The molecule has 3 rings (SSSR count). The van der Waals surface area contributed by atoms with Gasteiger partial charge in [0, 0.05) is 22.4 Å². The third kappa shape index (κ3) is 3.34. The number of rotatable bonds is 3. The number of benzene rings is 2. The molecule has 124 valence electrons. The van der Waals surface area contributed by atoms with Gasteiger partial charge in [-0.15, -0.1) is 11.8 Å². The molecule has 1 aliphatic heterocycles. The number of amides is 2. The summed E-state index contributed by atoms with van der Waals surface area (Å²) < 4.78 is 27.7. The molecule has 1 atom stereocenters. The number of imide groups is 1. The Balaban J connectivity index is 1.87. The SMILES string of the molecule is O=C1C[C@@H](Sc2ccc(Cl)cc2)C(=O)N1c1cc(F)c(Br)cc1F. The zero-order chi connectivity index (χ0) is 17.4.